The fourth-order valence-electron chi connectivity index (χ4n) is 2.59. The summed E-state index contributed by atoms with van der Waals surface area (Å²) in [5, 5.41) is 0. The Hall–Kier alpha value is -2.38. The fourth-order valence-corrected chi connectivity index (χ4v) is 3.87. The first-order valence-electron chi connectivity index (χ1n) is 7.52. The Balaban J connectivity index is 1.73. The highest BCUT2D eigenvalue weighted by atomic mass is 32.2. The van der Waals surface area contributed by atoms with Gasteiger partial charge in [-0.3, -0.25) is 4.57 Å². The molecular weight excluding hydrogens is 328 g/mol. The van der Waals surface area contributed by atoms with Crippen LogP contribution in [0.5, 0.6) is 0 Å². The Morgan fingerprint density at radius 2 is 1.92 bits per heavy atom. The number of oxazole rings is 1. The van der Waals surface area contributed by atoms with E-state index in [2.05, 4.69) is 4.72 Å². The fraction of sp³-hybridized carbons (Fsp3) is 0.235. The highest BCUT2D eigenvalue weighted by Crippen LogP contribution is 2.16. The van der Waals surface area contributed by atoms with Gasteiger partial charge in [-0.2, -0.15) is 0 Å². The van der Waals surface area contributed by atoms with Crippen LogP contribution in [0.1, 0.15) is 11.1 Å². The second-order valence-electron chi connectivity index (χ2n) is 5.64. The molecule has 7 heteroatoms. The molecule has 2 aromatic carbocycles. The average Bonchev–Trinajstić information content (AvgIpc) is 2.82. The first kappa shape index (κ1) is 16.5. The number of sulfonamides is 1. The number of hydrogen-bond acceptors (Lipinski definition) is 4. The van der Waals surface area contributed by atoms with Crippen molar-refractivity contribution in [1.82, 2.24) is 9.29 Å². The summed E-state index contributed by atoms with van der Waals surface area (Å²) < 4.78 is 33.8. The Kier molecular flexibility index (Phi) is 4.29. The molecule has 0 aliphatic rings. The van der Waals surface area contributed by atoms with E-state index in [-0.39, 0.29) is 11.4 Å². The number of rotatable bonds is 5. The lowest BCUT2D eigenvalue weighted by atomic mass is 10.1. The molecular formula is C17H18N2O4S. The number of aryl methyl sites for hydroxylation is 2. The monoisotopic (exact) mass is 346 g/mol. The molecule has 0 unspecified atom stereocenters. The SMILES string of the molecule is Cc1ccccc1S(=O)(=O)NCCc1ccc2oc(=O)n(C)c2c1. The zero-order valence-corrected chi connectivity index (χ0v) is 14.3. The van der Waals surface area contributed by atoms with Crippen molar-refractivity contribution in [3.05, 3.63) is 64.1 Å². The minimum atomic E-state index is -3.53. The molecule has 0 saturated carbocycles. The Bertz CT molecular complexity index is 1050. The lowest BCUT2D eigenvalue weighted by Gasteiger charge is -2.09. The van der Waals surface area contributed by atoms with Crippen LogP contribution in [0.25, 0.3) is 11.1 Å². The van der Waals surface area contributed by atoms with E-state index in [0.29, 0.717) is 23.1 Å². The molecule has 1 heterocycles. The maximum absolute atomic E-state index is 12.3. The van der Waals surface area contributed by atoms with Gasteiger partial charge in [0.15, 0.2) is 5.58 Å². The smallest absolute Gasteiger partial charge is 0.408 e. The molecule has 126 valence electrons. The van der Waals surface area contributed by atoms with Crippen LogP contribution in [0, 0.1) is 6.92 Å². The van der Waals surface area contributed by atoms with E-state index in [1.807, 2.05) is 12.1 Å². The van der Waals surface area contributed by atoms with Crippen LogP contribution < -0.4 is 10.5 Å². The van der Waals surface area contributed by atoms with Crippen LogP contribution in [0.4, 0.5) is 0 Å². The number of nitrogens with zero attached hydrogens (tertiary/aromatic N) is 1. The topological polar surface area (TPSA) is 81.3 Å². The lowest BCUT2D eigenvalue weighted by Crippen LogP contribution is -2.26. The number of nitrogens with one attached hydrogen (secondary N) is 1. The van der Waals surface area contributed by atoms with Crippen LogP contribution >= 0.6 is 0 Å². The predicted octanol–water partition coefficient (Wildman–Crippen LogP) is 1.96. The van der Waals surface area contributed by atoms with Crippen molar-refractivity contribution in [3.8, 4) is 0 Å². The zero-order chi connectivity index (χ0) is 17.3. The van der Waals surface area contributed by atoms with E-state index >= 15 is 0 Å². The molecule has 0 aliphatic heterocycles. The second kappa shape index (κ2) is 6.26. The minimum absolute atomic E-state index is 0.272. The molecule has 0 amide bonds. The predicted molar refractivity (Wildman–Crippen MR) is 91.5 cm³/mol. The van der Waals surface area contributed by atoms with Gasteiger partial charge in [0.25, 0.3) is 0 Å². The van der Waals surface area contributed by atoms with Crippen molar-refractivity contribution in [2.75, 3.05) is 6.54 Å². The van der Waals surface area contributed by atoms with Crippen molar-refractivity contribution in [2.24, 2.45) is 7.05 Å². The van der Waals surface area contributed by atoms with Gasteiger partial charge in [0.1, 0.15) is 0 Å². The second-order valence-corrected chi connectivity index (χ2v) is 7.38. The van der Waals surface area contributed by atoms with Crippen molar-refractivity contribution in [3.63, 3.8) is 0 Å². The summed E-state index contributed by atoms with van der Waals surface area (Å²) >= 11 is 0. The molecule has 0 fully saturated rings. The highest BCUT2D eigenvalue weighted by Gasteiger charge is 2.15. The van der Waals surface area contributed by atoms with Crippen molar-refractivity contribution in [2.45, 2.75) is 18.2 Å². The molecule has 0 aliphatic carbocycles. The van der Waals surface area contributed by atoms with E-state index in [0.717, 1.165) is 5.56 Å². The molecule has 6 nitrogen and oxygen atoms in total. The maximum Gasteiger partial charge on any atom is 0.419 e. The van der Waals surface area contributed by atoms with Gasteiger partial charge in [-0.25, -0.2) is 17.9 Å². The molecule has 0 spiro atoms. The van der Waals surface area contributed by atoms with Crippen molar-refractivity contribution in [1.29, 1.82) is 0 Å². The Morgan fingerprint density at radius 3 is 2.67 bits per heavy atom. The zero-order valence-electron chi connectivity index (χ0n) is 13.4. The third-order valence-electron chi connectivity index (χ3n) is 3.94. The van der Waals surface area contributed by atoms with Gasteiger partial charge in [0.05, 0.1) is 10.4 Å². The highest BCUT2D eigenvalue weighted by molar-refractivity contribution is 7.89. The molecule has 3 aromatic rings. The van der Waals surface area contributed by atoms with Crippen LogP contribution in [-0.2, 0) is 23.5 Å². The normalized spacial score (nSPS) is 11.9. The van der Waals surface area contributed by atoms with E-state index in [4.69, 9.17) is 4.42 Å². The van der Waals surface area contributed by atoms with Crippen LogP contribution in [0.3, 0.4) is 0 Å². The molecule has 1 aromatic heterocycles. The summed E-state index contributed by atoms with van der Waals surface area (Å²) in [5.41, 5.74) is 2.84. The van der Waals surface area contributed by atoms with E-state index < -0.39 is 15.8 Å². The number of benzene rings is 2. The van der Waals surface area contributed by atoms with Gasteiger partial charge in [-0.1, -0.05) is 24.3 Å². The molecule has 0 radical (unpaired) electrons. The molecule has 3 rings (SSSR count). The third kappa shape index (κ3) is 3.13. The molecule has 0 bridgehead atoms. The van der Waals surface area contributed by atoms with E-state index in [1.165, 1.54) is 4.57 Å². The summed E-state index contributed by atoms with van der Waals surface area (Å²) in [6, 6.07) is 12.2. The first-order chi connectivity index (χ1) is 11.4. The van der Waals surface area contributed by atoms with Gasteiger partial charge in [-0.15, -0.1) is 0 Å². The number of hydrogen-bond donors (Lipinski definition) is 1. The van der Waals surface area contributed by atoms with Gasteiger partial charge in [-0.05, 0) is 42.7 Å². The van der Waals surface area contributed by atoms with Crippen molar-refractivity contribution < 1.29 is 12.8 Å². The number of aromatic nitrogens is 1. The van der Waals surface area contributed by atoms with Crippen LogP contribution in [-0.4, -0.2) is 19.5 Å². The lowest BCUT2D eigenvalue weighted by molar-refractivity contribution is 0.528. The Morgan fingerprint density at radius 1 is 1.17 bits per heavy atom. The van der Waals surface area contributed by atoms with Crippen molar-refractivity contribution >= 4 is 21.1 Å². The quantitative estimate of drug-likeness (QED) is 0.766. The molecule has 1 N–H and O–H groups in total. The van der Waals surface area contributed by atoms with Crippen LogP contribution in [0.2, 0.25) is 0 Å². The molecule has 24 heavy (non-hydrogen) atoms. The summed E-state index contributed by atoms with van der Waals surface area (Å²) in [6.45, 7) is 2.04. The Labute approximate surface area is 139 Å². The standard InChI is InChI=1S/C17H18N2O4S/c1-12-5-3-4-6-16(12)24(21,22)18-10-9-13-7-8-15-14(11-13)19(2)17(20)23-15/h3-8,11,18H,9-10H2,1-2H3. The van der Waals surface area contributed by atoms with Gasteiger partial charge in [0.2, 0.25) is 10.0 Å². The van der Waals surface area contributed by atoms with E-state index in [1.54, 1.807) is 44.3 Å². The van der Waals surface area contributed by atoms with Gasteiger partial charge >= 0.3 is 5.76 Å². The van der Waals surface area contributed by atoms with Crippen LogP contribution in [0.15, 0.2) is 56.6 Å². The average molecular weight is 346 g/mol. The third-order valence-corrected chi connectivity index (χ3v) is 5.57. The summed E-state index contributed by atoms with van der Waals surface area (Å²) in [6.07, 6.45) is 0.514. The largest absolute Gasteiger partial charge is 0.419 e. The summed E-state index contributed by atoms with van der Waals surface area (Å²) in [5.74, 6) is -0.414. The van der Waals surface area contributed by atoms with Gasteiger partial charge < -0.3 is 4.42 Å². The molecule has 0 atom stereocenters. The summed E-state index contributed by atoms with van der Waals surface area (Å²) in [4.78, 5) is 11.8. The minimum Gasteiger partial charge on any atom is -0.408 e. The van der Waals surface area contributed by atoms with E-state index in [9.17, 15) is 13.2 Å². The first-order valence-corrected chi connectivity index (χ1v) is 9.00. The maximum atomic E-state index is 12.3. The molecule has 0 saturated heterocycles. The number of fused-ring (bicyclic) bond motifs is 1. The summed E-state index contributed by atoms with van der Waals surface area (Å²) in [7, 11) is -1.89. The van der Waals surface area contributed by atoms with Gasteiger partial charge in [0, 0.05) is 13.6 Å².